The molecule has 1 atom stereocenters. The molecule has 0 spiro atoms. The van der Waals surface area contributed by atoms with Crippen LogP contribution >= 0.6 is 23.4 Å². The van der Waals surface area contributed by atoms with Crippen molar-refractivity contribution in [2.75, 3.05) is 6.26 Å². The second-order valence-corrected chi connectivity index (χ2v) is 7.30. The number of nitrogens with zero attached hydrogens (tertiary/aromatic N) is 1. The van der Waals surface area contributed by atoms with Crippen LogP contribution in [-0.4, -0.2) is 28.6 Å². The Hall–Kier alpha value is -1.46. The molecule has 128 valence electrons. The molecule has 1 unspecified atom stereocenters. The van der Waals surface area contributed by atoms with Crippen LogP contribution in [0.4, 0.5) is 0 Å². The number of hydrogen-bond acceptors (Lipinski definition) is 4. The average molecular weight is 365 g/mol. The van der Waals surface area contributed by atoms with Gasteiger partial charge in [0.2, 0.25) is 5.44 Å². The van der Waals surface area contributed by atoms with E-state index in [0.717, 1.165) is 35.7 Å². The normalized spacial score (nSPS) is 15.8. The van der Waals surface area contributed by atoms with Gasteiger partial charge in [0.1, 0.15) is 5.75 Å². The maximum absolute atomic E-state index is 12.3. The number of rotatable bonds is 6. The minimum Gasteiger partial charge on any atom is -0.470 e. The Morgan fingerprint density at radius 1 is 1.46 bits per heavy atom. The van der Waals surface area contributed by atoms with E-state index in [1.54, 1.807) is 6.07 Å². The summed E-state index contributed by atoms with van der Waals surface area (Å²) in [6, 6.07) is 5.98. The molecule has 1 heterocycles. The third-order valence-electron chi connectivity index (χ3n) is 4.30. The number of halogens is 1. The van der Waals surface area contributed by atoms with Gasteiger partial charge in [-0.2, -0.15) is 0 Å². The number of fused-ring (bicyclic) bond motifs is 1. The van der Waals surface area contributed by atoms with Crippen molar-refractivity contribution in [1.29, 1.82) is 0 Å². The summed E-state index contributed by atoms with van der Waals surface area (Å²) in [7, 11) is 0. The number of aryl methyl sites for hydroxylation is 1. The van der Waals surface area contributed by atoms with Crippen molar-refractivity contribution in [2.24, 2.45) is 0 Å². The highest BCUT2D eigenvalue weighted by Crippen LogP contribution is 2.30. The fourth-order valence-electron chi connectivity index (χ4n) is 2.64. The highest BCUT2D eigenvalue weighted by molar-refractivity contribution is 7.99. The van der Waals surface area contributed by atoms with Crippen molar-refractivity contribution in [2.45, 2.75) is 44.1 Å². The average Bonchev–Trinajstić information content (AvgIpc) is 2.55. The van der Waals surface area contributed by atoms with Crippen LogP contribution in [0.15, 0.2) is 24.4 Å². The van der Waals surface area contributed by atoms with Gasteiger partial charge in [-0.15, -0.1) is 11.8 Å². The molecule has 1 amide bonds. The Morgan fingerprint density at radius 3 is 2.88 bits per heavy atom. The Kier molecular flexibility index (Phi) is 5.51. The largest absolute Gasteiger partial charge is 0.470 e. The molecular weight excluding hydrogens is 344 g/mol. The van der Waals surface area contributed by atoms with Gasteiger partial charge in [-0.05, 0) is 49.6 Å². The Bertz CT molecular complexity index is 749. The maximum Gasteiger partial charge on any atom is 0.271 e. The minimum atomic E-state index is -0.582. The van der Waals surface area contributed by atoms with E-state index in [0.29, 0.717) is 16.8 Å². The molecule has 0 radical (unpaired) electrons. The van der Waals surface area contributed by atoms with Gasteiger partial charge >= 0.3 is 0 Å². The van der Waals surface area contributed by atoms with Gasteiger partial charge in [0.05, 0.1) is 10.5 Å². The molecule has 24 heavy (non-hydrogen) atoms. The second-order valence-electron chi connectivity index (χ2n) is 6.00. The molecule has 1 aliphatic rings. The number of carbonyl (C=O) groups is 1. The summed E-state index contributed by atoms with van der Waals surface area (Å²) < 4.78 is 5.90. The van der Waals surface area contributed by atoms with E-state index in [1.165, 1.54) is 18.2 Å². The van der Waals surface area contributed by atoms with Crippen LogP contribution in [0.3, 0.4) is 0 Å². The molecule has 1 aromatic carbocycles. The summed E-state index contributed by atoms with van der Waals surface area (Å²) in [4.78, 5) is 16.7. The van der Waals surface area contributed by atoms with Crippen LogP contribution in [0.2, 0.25) is 5.02 Å². The summed E-state index contributed by atoms with van der Waals surface area (Å²) in [5.74, 6) is 0.509. The van der Waals surface area contributed by atoms with Crippen LogP contribution in [0.1, 0.15) is 31.7 Å². The van der Waals surface area contributed by atoms with Crippen molar-refractivity contribution >= 4 is 40.2 Å². The van der Waals surface area contributed by atoms with Crippen LogP contribution in [0.25, 0.3) is 10.9 Å². The standard InChI is InChI=1S/C18H21ClN2O2S/c1-3-11-7-12-8-14(9-15(19)16(12)20-10-11)23-18(24-2)17(22)21-13-5-4-6-13/h7-10,13,18H,3-6H2,1-2H3,(H,21,22). The van der Waals surface area contributed by atoms with Crippen molar-refractivity contribution in [1.82, 2.24) is 10.3 Å². The first-order chi connectivity index (χ1) is 11.6. The number of nitrogens with one attached hydrogen (secondary N) is 1. The number of amides is 1. The number of pyridine rings is 1. The van der Waals surface area contributed by atoms with E-state index in [2.05, 4.69) is 23.3 Å². The smallest absolute Gasteiger partial charge is 0.271 e. The van der Waals surface area contributed by atoms with Gasteiger partial charge in [-0.25, -0.2) is 0 Å². The third-order valence-corrected chi connectivity index (χ3v) is 5.32. The predicted octanol–water partition coefficient (Wildman–Crippen LogP) is 4.19. The van der Waals surface area contributed by atoms with Gasteiger partial charge < -0.3 is 10.1 Å². The molecule has 0 saturated heterocycles. The lowest BCUT2D eigenvalue weighted by atomic mass is 9.93. The monoisotopic (exact) mass is 364 g/mol. The molecule has 2 aromatic rings. The zero-order chi connectivity index (χ0) is 17.1. The van der Waals surface area contributed by atoms with Crippen LogP contribution in [0.5, 0.6) is 5.75 Å². The van der Waals surface area contributed by atoms with Gasteiger partial charge in [0.25, 0.3) is 5.91 Å². The van der Waals surface area contributed by atoms with Gasteiger partial charge in [0, 0.05) is 23.7 Å². The molecule has 1 aliphatic carbocycles. The van der Waals surface area contributed by atoms with E-state index < -0.39 is 5.44 Å². The maximum atomic E-state index is 12.3. The molecule has 1 fully saturated rings. The van der Waals surface area contributed by atoms with Crippen LogP contribution in [-0.2, 0) is 11.2 Å². The Balaban J connectivity index is 1.80. The molecule has 0 aliphatic heterocycles. The van der Waals surface area contributed by atoms with E-state index in [9.17, 15) is 4.79 Å². The van der Waals surface area contributed by atoms with Crippen molar-refractivity contribution < 1.29 is 9.53 Å². The van der Waals surface area contributed by atoms with E-state index in [4.69, 9.17) is 16.3 Å². The molecule has 0 bridgehead atoms. The van der Waals surface area contributed by atoms with Gasteiger partial charge in [-0.3, -0.25) is 9.78 Å². The quantitative estimate of drug-likeness (QED) is 0.781. The van der Waals surface area contributed by atoms with Crippen molar-refractivity contribution in [3.8, 4) is 5.75 Å². The number of aromatic nitrogens is 1. The van der Waals surface area contributed by atoms with Crippen LogP contribution < -0.4 is 10.1 Å². The summed E-state index contributed by atoms with van der Waals surface area (Å²) >= 11 is 7.71. The number of thioether (sulfide) groups is 1. The highest BCUT2D eigenvalue weighted by atomic mass is 35.5. The second kappa shape index (κ2) is 7.62. The number of hydrogen-bond donors (Lipinski definition) is 1. The third kappa shape index (κ3) is 3.78. The zero-order valence-corrected chi connectivity index (χ0v) is 15.4. The molecular formula is C18H21ClN2O2S. The molecule has 6 heteroatoms. The highest BCUT2D eigenvalue weighted by Gasteiger charge is 2.25. The first kappa shape index (κ1) is 17.4. The van der Waals surface area contributed by atoms with Gasteiger partial charge in [-0.1, -0.05) is 18.5 Å². The molecule has 1 N–H and O–H groups in total. The lowest BCUT2D eigenvalue weighted by molar-refractivity contribution is -0.125. The lowest BCUT2D eigenvalue weighted by Crippen LogP contribution is -2.45. The predicted molar refractivity (Wildman–Crippen MR) is 99.8 cm³/mol. The zero-order valence-electron chi connectivity index (χ0n) is 13.8. The Labute approximate surface area is 151 Å². The van der Waals surface area contributed by atoms with Gasteiger partial charge in [0.15, 0.2) is 0 Å². The summed E-state index contributed by atoms with van der Waals surface area (Å²) in [6.45, 7) is 2.08. The Morgan fingerprint density at radius 2 is 2.25 bits per heavy atom. The van der Waals surface area contributed by atoms with E-state index >= 15 is 0 Å². The minimum absolute atomic E-state index is 0.0798. The summed E-state index contributed by atoms with van der Waals surface area (Å²) in [5.41, 5.74) is 1.31. The summed E-state index contributed by atoms with van der Waals surface area (Å²) in [5, 5.41) is 4.49. The van der Waals surface area contributed by atoms with E-state index in [1.807, 2.05) is 18.5 Å². The topological polar surface area (TPSA) is 51.2 Å². The summed E-state index contributed by atoms with van der Waals surface area (Å²) in [6.07, 6.45) is 7.90. The van der Waals surface area contributed by atoms with Crippen LogP contribution in [0, 0.1) is 0 Å². The fraction of sp³-hybridized carbons (Fsp3) is 0.444. The first-order valence-electron chi connectivity index (χ1n) is 8.18. The fourth-order valence-corrected chi connectivity index (χ4v) is 3.40. The van der Waals surface area contributed by atoms with Crippen molar-refractivity contribution in [3.05, 3.63) is 35.0 Å². The number of carbonyl (C=O) groups excluding carboxylic acids is 1. The lowest BCUT2D eigenvalue weighted by Gasteiger charge is -2.28. The molecule has 1 saturated carbocycles. The SMILES string of the molecule is CCc1cnc2c(Cl)cc(OC(SC)C(=O)NC3CCC3)cc2c1. The molecule has 4 nitrogen and oxygen atoms in total. The van der Waals surface area contributed by atoms with E-state index in [-0.39, 0.29) is 5.91 Å². The molecule has 3 rings (SSSR count). The van der Waals surface area contributed by atoms with Crippen molar-refractivity contribution in [3.63, 3.8) is 0 Å². The first-order valence-corrected chi connectivity index (χ1v) is 9.85. The molecule has 1 aromatic heterocycles. The number of benzene rings is 1. The number of ether oxygens (including phenoxy) is 1.